The Balaban J connectivity index is 1.60. The van der Waals surface area contributed by atoms with Crippen LogP contribution in [0.3, 0.4) is 0 Å². The van der Waals surface area contributed by atoms with Crippen LogP contribution in [-0.2, 0) is 24.2 Å². The number of unbranched alkanes of at least 4 members (excludes halogenated alkanes) is 1. The molecule has 0 fully saturated rings. The number of rotatable bonds is 13. The van der Waals surface area contributed by atoms with E-state index in [2.05, 4.69) is 41.4 Å². The summed E-state index contributed by atoms with van der Waals surface area (Å²) >= 11 is 0. The summed E-state index contributed by atoms with van der Waals surface area (Å²) in [6.45, 7) is 4.37. The lowest BCUT2D eigenvalue weighted by Crippen LogP contribution is -2.43. The molecule has 39 heavy (non-hydrogen) atoms. The average molecular weight is 533 g/mol. The minimum Gasteiger partial charge on any atom is -0.493 e. The molecule has 1 N–H and O–H groups in total. The van der Waals surface area contributed by atoms with E-state index in [1.54, 1.807) is 21.3 Å². The van der Waals surface area contributed by atoms with Crippen LogP contribution in [0.25, 0.3) is 0 Å². The molecule has 1 amide bonds. The number of hydrogen-bond donors (Lipinski definition) is 1. The highest BCUT2D eigenvalue weighted by molar-refractivity contribution is 5.78. The number of carbonyl (C=O) groups is 1. The summed E-state index contributed by atoms with van der Waals surface area (Å²) < 4.78 is 22.8. The van der Waals surface area contributed by atoms with E-state index < -0.39 is 0 Å². The van der Waals surface area contributed by atoms with Crippen molar-refractivity contribution in [1.29, 1.82) is 0 Å². The van der Waals surface area contributed by atoms with Crippen molar-refractivity contribution >= 4 is 5.91 Å². The maximum absolute atomic E-state index is 13.1. The van der Waals surface area contributed by atoms with Gasteiger partial charge in [-0.15, -0.1) is 0 Å². The molecule has 0 saturated heterocycles. The van der Waals surface area contributed by atoms with Crippen molar-refractivity contribution in [3.63, 3.8) is 0 Å². The molecule has 1 heterocycles. The Labute approximate surface area is 232 Å². The van der Waals surface area contributed by atoms with E-state index in [-0.39, 0.29) is 11.9 Å². The standard InChI is InChI=1S/C32H40N2O5/c1-5-6-16-39-31-18-24(12-13-28(31)36-2)17-27-26-20-30(38-4)29(37-3)19-25(26)14-15-34(27)22-32(35)33-21-23-10-8-7-9-11-23/h7-13,18-20,27H,5-6,14-17,21-22H2,1-4H3,(H,33,35). The molecule has 0 aromatic heterocycles. The SMILES string of the molecule is CCCCOc1cc(CC2c3cc(OC)c(OC)cc3CCN2CC(=O)NCc2ccccc2)ccc1OC. The number of ether oxygens (including phenoxy) is 4. The van der Waals surface area contributed by atoms with Gasteiger partial charge in [0.2, 0.25) is 5.91 Å². The van der Waals surface area contributed by atoms with E-state index >= 15 is 0 Å². The van der Waals surface area contributed by atoms with Crippen LogP contribution in [0, 0.1) is 0 Å². The molecule has 1 atom stereocenters. The second-order valence-electron chi connectivity index (χ2n) is 9.80. The quantitative estimate of drug-likeness (QED) is 0.299. The summed E-state index contributed by atoms with van der Waals surface area (Å²) in [6.07, 6.45) is 3.58. The zero-order valence-electron chi connectivity index (χ0n) is 23.5. The third-order valence-electron chi connectivity index (χ3n) is 7.21. The summed E-state index contributed by atoms with van der Waals surface area (Å²) in [5, 5.41) is 3.09. The van der Waals surface area contributed by atoms with Crippen LogP contribution in [0.1, 0.15) is 48.1 Å². The molecule has 0 aliphatic carbocycles. The van der Waals surface area contributed by atoms with Crippen LogP contribution in [0.4, 0.5) is 0 Å². The Morgan fingerprint density at radius 3 is 2.36 bits per heavy atom. The van der Waals surface area contributed by atoms with E-state index in [0.717, 1.165) is 59.7 Å². The number of fused-ring (bicyclic) bond motifs is 1. The minimum absolute atomic E-state index is 0.00565. The molecule has 1 unspecified atom stereocenters. The van der Waals surface area contributed by atoms with Crippen molar-refractivity contribution in [3.05, 3.63) is 82.9 Å². The van der Waals surface area contributed by atoms with Gasteiger partial charge in [-0.3, -0.25) is 9.69 Å². The Morgan fingerprint density at radius 2 is 1.64 bits per heavy atom. The molecule has 3 aromatic rings. The molecular weight excluding hydrogens is 492 g/mol. The molecule has 0 radical (unpaired) electrons. The highest BCUT2D eigenvalue weighted by atomic mass is 16.5. The van der Waals surface area contributed by atoms with E-state index in [0.29, 0.717) is 31.9 Å². The van der Waals surface area contributed by atoms with Crippen LogP contribution in [0.5, 0.6) is 23.0 Å². The first-order valence-electron chi connectivity index (χ1n) is 13.6. The van der Waals surface area contributed by atoms with Crippen LogP contribution in [0.15, 0.2) is 60.7 Å². The van der Waals surface area contributed by atoms with Crippen molar-refractivity contribution in [1.82, 2.24) is 10.2 Å². The lowest BCUT2D eigenvalue weighted by Gasteiger charge is -2.37. The number of carbonyl (C=O) groups excluding carboxylic acids is 1. The highest BCUT2D eigenvalue weighted by Crippen LogP contribution is 2.40. The Kier molecular flexibility index (Phi) is 10.1. The van der Waals surface area contributed by atoms with Crippen LogP contribution in [0.2, 0.25) is 0 Å². The number of amides is 1. The Bertz CT molecular complexity index is 1230. The van der Waals surface area contributed by atoms with Crippen molar-refractivity contribution < 1.29 is 23.7 Å². The fraction of sp³-hybridized carbons (Fsp3) is 0.406. The molecular formula is C32H40N2O5. The lowest BCUT2D eigenvalue weighted by atomic mass is 9.88. The minimum atomic E-state index is -0.0204. The van der Waals surface area contributed by atoms with Gasteiger partial charge < -0.3 is 24.3 Å². The Hall–Kier alpha value is -3.71. The van der Waals surface area contributed by atoms with Gasteiger partial charge in [0.05, 0.1) is 34.5 Å². The summed E-state index contributed by atoms with van der Waals surface area (Å²) in [5.74, 6) is 2.89. The molecule has 0 bridgehead atoms. The van der Waals surface area contributed by atoms with Gasteiger partial charge in [-0.25, -0.2) is 0 Å². The fourth-order valence-electron chi connectivity index (χ4n) is 5.06. The van der Waals surface area contributed by atoms with Crippen molar-refractivity contribution in [3.8, 4) is 23.0 Å². The van der Waals surface area contributed by atoms with Gasteiger partial charge in [-0.05, 0) is 65.8 Å². The lowest BCUT2D eigenvalue weighted by molar-refractivity contribution is -0.123. The van der Waals surface area contributed by atoms with Crippen LogP contribution in [-0.4, -0.2) is 51.8 Å². The van der Waals surface area contributed by atoms with Crippen molar-refractivity contribution in [2.75, 3.05) is 41.0 Å². The molecule has 208 valence electrons. The van der Waals surface area contributed by atoms with Crippen LogP contribution >= 0.6 is 0 Å². The van der Waals surface area contributed by atoms with Gasteiger partial charge in [0, 0.05) is 19.1 Å². The van der Waals surface area contributed by atoms with E-state index in [1.807, 2.05) is 36.4 Å². The summed E-state index contributed by atoms with van der Waals surface area (Å²) in [4.78, 5) is 15.3. The fourth-order valence-corrected chi connectivity index (χ4v) is 5.06. The van der Waals surface area contributed by atoms with E-state index in [9.17, 15) is 4.79 Å². The number of nitrogens with zero attached hydrogens (tertiary/aromatic N) is 1. The zero-order valence-corrected chi connectivity index (χ0v) is 23.5. The highest BCUT2D eigenvalue weighted by Gasteiger charge is 2.31. The number of nitrogens with one attached hydrogen (secondary N) is 1. The van der Waals surface area contributed by atoms with E-state index in [4.69, 9.17) is 18.9 Å². The molecule has 1 aliphatic heterocycles. The third-order valence-corrected chi connectivity index (χ3v) is 7.21. The topological polar surface area (TPSA) is 69.3 Å². The zero-order chi connectivity index (χ0) is 27.6. The van der Waals surface area contributed by atoms with Gasteiger partial charge in [0.15, 0.2) is 23.0 Å². The van der Waals surface area contributed by atoms with Gasteiger partial charge in [0.25, 0.3) is 0 Å². The van der Waals surface area contributed by atoms with Crippen molar-refractivity contribution in [2.24, 2.45) is 0 Å². The van der Waals surface area contributed by atoms with Crippen molar-refractivity contribution in [2.45, 2.75) is 45.2 Å². The molecule has 1 aliphatic rings. The largest absolute Gasteiger partial charge is 0.493 e. The molecule has 0 saturated carbocycles. The second-order valence-corrected chi connectivity index (χ2v) is 9.80. The third kappa shape index (κ3) is 7.24. The second kappa shape index (κ2) is 13.9. The predicted molar refractivity (Wildman–Crippen MR) is 153 cm³/mol. The maximum Gasteiger partial charge on any atom is 0.234 e. The van der Waals surface area contributed by atoms with Gasteiger partial charge in [-0.2, -0.15) is 0 Å². The normalized spacial score (nSPS) is 14.8. The number of methoxy groups -OCH3 is 3. The summed E-state index contributed by atoms with van der Waals surface area (Å²) in [7, 11) is 4.97. The first kappa shape index (κ1) is 28.3. The van der Waals surface area contributed by atoms with E-state index in [1.165, 1.54) is 5.56 Å². The van der Waals surface area contributed by atoms with Crippen LogP contribution < -0.4 is 24.3 Å². The van der Waals surface area contributed by atoms with Gasteiger partial charge in [0.1, 0.15) is 0 Å². The molecule has 0 spiro atoms. The van der Waals surface area contributed by atoms with Gasteiger partial charge in [-0.1, -0.05) is 49.7 Å². The smallest absolute Gasteiger partial charge is 0.234 e. The monoisotopic (exact) mass is 532 g/mol. The Morgan fingerprint density at radius 1 is 0.897 bits per heavy atom. The maximum atomic E-state index is 13.1. The number of benzene rings is 3. The molecule has 3 aromatic carbocycles. The molecule has 7 nitrogen and oxygen atoms in total. The number of hydrogen-bond acceptors (Lipinski definition) is 6. The average Bonchev–Trinajstić information content (AvgIpc) is 2.97. The first-order chi connectivity index (χ1) is 19.1. The first-order valence-corrected chi connectivity index (χ1v) is 13.6. The predicted octanol–water partition coefficient (Wildman–Crippen LogP) is 5.35. The molecule has 7 heteroatoms. The summed E-state index contributed by atoms with van der Waals surface area (Å²) in [6, 6.07) is 20.2. The van der Waals surface area contributed by atoms with Gasteiger partial charge >= 0.3 is 0 Å². The molecule has 4 rings (SSSR count). The summed E-state index contributed by atoms with van der Waals surface area (Å²) in [5.41, 5.74) is 4.56.